The van der Waals surface area contributed by atoms with E-state index in [1.807, 2.05) is 0 Å². The second-order valence-electron chi connectivity index (χ2n) is 7.17. The van der Waals surface area contributed by atoms with E-state index in [2.05, 4.69) is 4.98 Å². The molecule has 130 valence electrons. The Kier molecular flexibility index (Phi) is 2.62. The van der Waals surface area contributed by atoms with E-state index in [0.717, 1.165) is 0 Å². The molecule has 2 fully saturated rings. The molecule has 1 unspecified atom stereocenters. The average molecular weight is 350 g/mol. The minimum absolute atomic E-state index is 0.0148. The second kappa shape index (κ2) is 4.33. The molecule has 2 N–H and O–H groups in total. The van der Waals surface area contributed by atoms with Crippen molar-refractivity contribution in [1.82, 2.24) is 4.98 Å². The lowest BCUT2D eigenvalue weighted by Crippen LogP contribution is -2.30. The Bertz CT molecular complexity index is 889. The first-order chi connectivity index (χ1) is 11.7. The van der Waals surface area contributed by atoms with Gasteiger partial charge in [-0.15, -0.1) is 0 Å². The first-order valence-corrected chi connectivity index (χ1v) is 8.09. The first kappa shape index (κ1) is 15.1. The fraction of sp³-hybridized carbons (Fsp3) is 0.389. The van der Waals surface area contributed by atoms with E-state index in [1.54, 1.807) is 0 Å². The summed E-state index contributed by atoms with van der Waals surface area (Å²) >= 11 is 0. The van der Waals surface area contributed by atoms with Gasteiger partial charge < -0.3 is 10.5 Å². The summed E-state index contributed by atoms with van der Waals surface area (Å²) in [6.45, 7) is 0. The highest BCUT2D eigenvalue weighted by atomic mass is 19.4. The van der Waals surface area contributed by atoms with Crippen LogP contribution < -0.4 is 10.5 Å². The summed E-state index contributed by atoms with van der Waals surface area (Å²) < 4.78 is 59.7. The lowest BCUT2D eigenvalue weighted by atomic mass is 9.94. The van der Waals surface area contributed by atoms with Crippen LogP contribution in [0.2, 0.25) is 0 Å². The summed E-state index contributed by atoms with van der Waals surface area (Å²) in [5.41, 5.74) is 5.03. The number of alkyl halides is 3. The molecular weight excluding hydrogens is 336 g/mol. The SMILES string of the molecule is N[C@@]12CC1Oc1c2cc(C2(C(F)(F)F)CC2)nc1-c1ccc(F)cc1. The molecule has 1 aromatic carbocycles. The van der Waals surface area contributed by atoms with Crippen LogP contribution in [0.4, 0.5) is 17.6 Å². The summed E-state index contributed by atoms with van der Waals surface area (Å²) in [5, 5.41) is 0. The topological polar surface area (TPSA) is 48.1 Å². The predicted molar refractivity (Wildman–Crippen MR) is 81.5 cm³/mol. The average Bonchev–Trinajstić information content (AvgIpc) is 3.44. The molecule has 7 heteroatoms. The number of pyridine rings is 1. The number of halogens is 4. The molecule has 3 aliphatic rings. The van der Waals surface area contributed by atoms with Crippen LogP contribution >= 0.6 is 0 Å². The third-order valence-corrected chi connectivity index (χ3v) is 5.57. The zero-order valence-electron chi connectivity index (χ0n) is 13.0. The van der Waals surface area contributed by atoms with Gasteiger partial charge in [-0.25, -0.2) is 9.37 Å². The highest BCUT2D eigenvalue weighted by molar-refractivity contribution is 5.72. The Hall–Kier alpha value is -2.15. The molecule has 3 nitrogen and oxygen atoms in total. The van der Waals surface area contributed by atoms with Crippen molar-refractivity contribution in [1.29, 1.82) is 0 Å². The molecule has 2 aliphatic carbocycles. The van der Waals surface area contributed by atoms with Crippen molar-refractivity contribution in [3.63, 3.8) is 0 Å². The highest BCUT2D eigenvalue weighted by Crippen LogP contribution is 2.62. The maximum atomic E-state index is 13.6. The molecule has 0 spiro atoms. The minimum atomic E-state index is -4.36. The summed E-state index contributed by atoms with van der Waals surface area (Å²) in [7, 11) is 0. The maximum Gasteiger partial charge on any atom is 0.399 e. The van der Waals surface area contributed by atoms with E-state index < -0.39 is 22.9 Å². The molecule has 2 atom stereocenters. The summed E-state index contributed by atoms with van der Waals surface area (Å²) in [6.07, 6.45) is -3.95. The van der Waals surface area contributed by atoms with Gasteiger partial charge in [0.15, 0.2) is 5.75 Å². The highest BCUT2D eigenvalue weighted by Gasteiger charge is 2.67. The van der Waals surface area contributed by atoms with Gasteiger partial charge in [0, 0.05) is 17.5 Å². The zero-order valence-corrected chi connectivity index (χ0v) is 13.0. The van der Waals surface area contributed by atoms with Crippen molar-refractivity contribution < 1.29 is 22.3 Å². The van der Waals surface area contributed by atoms with Crippen LogP contribution in [0, 0.1) is 5.82 Å². The standard InChI is InChI=1S/C18H14F4N2O/c19-10-3-1-9(2-4-10)14-15-11(17(23)8-13(17)25-15)7-12(24-14)16(5-6-16)18(20,21)22/h1-4,7,13H,5-6,8,23H2/t13?,17-/m1/s1. The number of hydrogen-bond acceptors (Lipinski definition) is 3. The van der Waals surface area contributed by atoms with Crippen LogP contribution in [0.15, 0.2) is 30.3 Å². The Morgan fingerprint density at radius 1 is 1.16 bits per heavy atom. The molecule has 25 heavy (non-hydrogen) atoms. The Balaban J connectivity index is 1.73. The van der Waals surface area contributed by atoms with Gasteiger partial charge in [-0.3, -0.25) is 0 Å². The number of fused-ring (bicyclic) bond motifs is 3. The number of rotatable bonds is 2. The van der Waals surface area contributed by atoms with Gasteiger partial charge in [-0.1, -0.05) is 0 Å². The van der Waals surface area contributed by atoms with Crippen molar-refractivity contribution in [2.24, 2.45) is 5.73 Å². The van der Waals surface area contributed by atoms with Crippen LogP contribution in [0.25, 0.3) is 11.3 Å². The molecule has 0 saturated heterocycles. The Morgan fingerprint density at radius 2 is 1.84 bits per heavy atom. The molecule has 0 radical (unpaired) electrons. The third-order valence-electron chi connectivity index (χ3n) is 5.57. The molecular formula is C18H14F4N2O. The van der Waals surface area contributed by atoms with Gasteiger partial charge in [-0.2, -0.15) is 13.2 Å². The number of ether oxygens (including phenoxy) is 1. The molecule has 0 amide bonds. The van der Waals surface area contributed by atoms with Gasteiger partial charge >= 0.3 is 6.18 Å². The number of aromatic nitrogens is 1. The molecule has 1 aliphatic heterocycles. The summed E-state index contributed by atoms with van der Waals surface area (Å²) in [6, 6.07) is 6.95. The lowest BCUT2D eigenvalue weighted by molar-refractivity contribution is -0.161. The van der Waals surface area contributed by atoms with Crippen LogP contribution in [0.5, 0.6) is 5.75 Å². The number of hydrogen-bond donors (Lipinski definition) is 1. The predicted octanol–water partition coefficient (Wildman–Crippen LogP) is 3.80. The van der Waals surface area contributed by atoms with Crippen molar-refractivity contribution >= 4 is 0 Å². The van der Waals surface area contributed by atoms with E-state index in [4.69, 9.17) is 10.5 Å². The van der Waals surface area contributed by atoms with Gasteiger partial charge in [0.25, 0.3) is 0 Å². The fourth-order valence-corrected chi connectivity index (χ4v) is 3.68. The Labute approximate surface area is 140 Å². The maximum absolute atomic E-state index is 13.6. The van der Waals surface area contributed by atoms with Crippen molar-refractivity contribution in [3.8, 4) is 17.0 Å². The van der Waals surface area contributed by atoms with Gasteiger partial charge in [0.05, 0.1) is 11.2 Å². The van der Waals surface area contributed by atoms with Crippen molar-refractivity contribution in [2.75, 3.05) is 0 Å². The summed E-state index contributed by atoms with van der Waals surface area (Å²) in [5.74, 6) is -0.00310. The fourth-order valence-electron chi connectivity index (χ4n) is 3.68. The summed E-state index contributed by atoms with van der Waals surface area (Å²) in [4.78, 5) is 4.31. The molecule has 1 aromatic heterocycles. The van der Waals surface area contributed by atoms with Gasteiger partial charge in [-0.05, 0) is 43.2 Å². The number of nitrogens with two attached hydrogens (primary N) is 1. The van der Waals surface area contributed by atoms with E-state index in [1.165, 1.54) is 30.3 Å². The van der Waals surface area contributed by atoms with Crippen LogP contribution in [-0.4, -0.2) is 17.3 Å². The number of nitrogens with zero attached hydrogens (tertiary/aromatic N) is 1. The van der Waals surface area contributed by atoms with E-state index >= 15 is 0 Å². The van der Waals surface area contributed by atoms with Gasteiger partial charge in [0.2, 0.25) is 0 Å². The van der Waals surface area contributed by atoms with Crippen LogP contribution in [0.3, 0.4) is 0 Å². The zero-order chi connectivity index (χ0) is 17.6. The molecule has 2 heterocycles. The van der Waals surface area contributed by atoms with Crippen molar-refractivity contribution in [2.45, 2.75) is 42.5 Å². The Morgan fingerprint density at radius 3 is 2.44 bits per heavy atom. The largest absolute Gasteiger partial charge is 0.485 e. The third kappa shape index (κ3) is 1.93. The van der Waals surface area contributed by atoms with Crippen molar-refractivity contribution in [3.05, 3.63) is 47.4 Å². The minimum Gasteiger partial charge on any atom is -0.485 e. The van der Waals surface area contributed by atoms with Crippen LogP contribution in [-0.2, 0) is 11.0 Å². The van der Waals surface area contributed by atoms with Crippen LogP contribution in [0.1, 0.15) is 30.5 Å². The number of benzene rings is 1. The quantitative estimate of drug-likeness (QED) is 0.838. The monoisotopic (exact) mass is 350 g/mol. The molecule has 0 bridgehead atoms. The molecule has 2 saturated carbocycles. The first-order valence-electron chi connectivity index (χ1n) is 8.09. The molecule has 5 rings (SSSR count). The molecule has 2 aromatic rings. The normalized spacial score (nSPS) is 28.1. The smallest absolute Gasteiger partial charge is 0.399 e. The van der Waals surface area contributed by atoms with E-state index in [9.17, 15) is 17.6 Å². The second-order valence-corrected chi connectivity index (χ2v) is 7.17. The van der Waals surface area contributed by atoms with E-state index in [-0.39, 0.29) is 24.6 Å². The van der Waals surface area contributed by atoms with Gasteiger partial charge in [0.1, 0.15) is 23.0 Å². The lowest BCUT2D eigenvalue weighted by Gasteiger charge is -2.22. The van der Waals surface area contributed by atoms with E-state index in [0.29, 0.717) is 29.0 Å².